The molecular weight excluding hydrogens is 254 g/mol. The molecule has 20 heavy (non-hydrogen) atoms. The number of carbonyl (C=O) groups is 1. The Morgan fingerprint density at radius 2 is 1.90 bits per heavy atom. The lowest BCUT2D eigenvalue weighted by atomic mass is 10.3. The second kappa shape index (κ2) is 7.87. The Balaban J connectivity index is 1.56. The lowest BCUT2D eigenvalue weighted by Gasteiger charge is -2.32. The summed E-state index contributed by atoms with van der Waals surface area (Å²) in [7, 11) is 2.14. The largest absolute Gasteiger partial charge is 0.484 e. The molecule has 0 atom stereocenters. The van der Waals surface area contributed by atoms with Crippen molar-refractivity contribution in [3.8, 4) is 5.75 Å². The van der Waals surface area contributed by atoms with Crippen molar-refractivity contribution < 1.29 is 9.53 Å². The van der Waals surface area contributed by atoms with Crippen molar-refractivity contribution in [1.82, 2.24) is 15.1 Å². The van der Waals surface area contributed by atoms with Crippen molar-refractivity contribution in [2.24, 2.45) is 0 Å². The summed E-state index contributed by atoms with van der Waals surface area (Å²) in [6.45, 7) is 6.02. The third kappa shape index (κ3) is 5.19. The van der Waals surface area contributed by atoms with Crippen LogP contribution in [0.3, 0.4) is 0 Å². The van der Waals surface area contributed by atoms with Crippen LogP contribution in [0.5, 0.6) is 5.75 Å². The van der Waals surface area contributed by atoms with Gasteiger partial charge in [-0.1, -0.05) is 18.2 Å². The van der Waals surface area contributed by atoms with E-state index >= 15 is 0 Å². The maximum atomic E-state index is 11.6. The minimum absolute atomic E-state index is 0.0667. The average molecular weight is 277 g/mol. The second-order valence-corrected chi connectivity index (χ2v) is 5.10. The highest BCUT2D eigenvalue weighted by Crippen LogP contribution is 2.07. The first kappa shape index (κ1) is 14.8. The quantitative estimate of drug-likeness (QED) is 0.819. The van der Waals surface area contributed by atoms with E-state index in [1.54, 1.807) is 0 Å². The van der Waals surface area contributed by atoms with Gasteiger partial charge in [-0.2, -0.15) is 0 Å². The first-order valence-corrected chi connectivity index (χ1v) is 7.09. The summed E-state index contributed by atoms with van der Waals surface area (Å²) in [6.07, 6.45) is 0. The van der Waals surface area contributed by atoms with E-state index in [1.165, 1.54) is 0 Å². The van der Waals surface area contributed by atoms with Crippen molar-refractivity contribution in [3.63, 3.8) is 0 Å². The van der Waals surface area contributed by atoms with E-state index in [-0.39, 0.29) is 12.5 Å². The zero-order valence-corrected chi connectivity index (χ0v) is 12.0. The number of para-hydroxylation sites is 1. The number of hydrogen-bond donors (Lipinski definition) is 1. The zero-order chi connectivity index (χ0) is 14.2. The Hall–Kier alpha value is -1.59. The highest BCUT2D eigenvalue weighted by Gasteiger charge is 2.13. The van der Waals surface area contributed by atoms with Crippen LogP contribution in [0.1, 0.15) is 0 Å². The fourth-order valence-corrected chi connectivity index (χ4v) is 2.14. The maximum absolute atomic E-state index is 11.6. The van der Waals surface area contributed by atoms with E-state index in [9.17, 15) is 4.79 Å². The van der Waals surface area contributed by atoms with Gasteiger partial charge in [-0.05, 0) is 19.2 Å². The van der Waals surface area contributed by atoms with Crippen molar-refractivity contribution >= 4 is 5.91 Å². The van der Waals surface area contributed by atoms with Crippen LogP contribution < -0.4 is 10.1 Å². The molecule has 0 bridgehead atoms. The summed E-state index contributed by atoms with van der Waals surface area (Å²) >= 11 is 0. The molecule has 1 heterocycles. The highest BCUT2D eigenvalue weighted by atomic mass is 16.5. The van der Waals surface area contributed by atoms with Gasteiger partial charge in [0, 0.05) is 39.3 Å². The number of hydrogen-bond acceptors (Lipinski definition) is 4. The summed E-state index contributed by atoms with van der Waals surface area (Å²) < 4.78 is 5.39. The molecule has 1 aliphatic heterocycles. The van der Waals surface area contributed by atoms with Gasteiger partial charge >= 0.3 is 0 Å². The normalized spacial score (nSPS) is 16.9. The summed E-state index contributed by atoms with van der Waals surface area (Å²) in [5.41, 5.74) is 0. The van der Waals surface area contributed by atoms with Gasteiger partial charge in [0.1, 0.15) is 5.75 Å². The fraction of sp³-hybridized carbons (Fsp3) is 0.533. The fourth-order valence-electron chi connectivity index (χ4n) is 2.14. The first-order chi connectivity index (χ1) is 9.74. The molecule has 0 aromatic heterocycles. The summed E-state index contributed by atoms with van der Waals surface area (Å²) in [6, 6.07) is 9.39. The number of ether oxygens (including phenoxy) is 1. The monoisotopic (exact) mass is 277 g/mol. The third-order valence-corrected chi connectivity index (χ3v) is 3.46. The van der Waals surface area contributed by atoms with Crippen LogP contribution in [0.4, 0.5) is 0 Å². The van der Waals surface area contributed by atoms with E-state index in [2.05, 4.69) is 22.2 Å². The molecule has 1 aliphatic rings. The van der Waals surface area contributed by atoms with Gasteiger partial charge in [0.15, 0.2) is 6.61 Å². The maximum Gasteiger partial charge on any atom is 0.257 e. The lowest BCUT2D eigenvalue weighted by molar-refractivity contribution is -0.123. The molecule has 0 saturated carbocycles. The molecule has 2 rings (SSSR count). The number of benzene rings is 1. The Morgan fingerprint density at radius 1 is 1.20 bits per heavy atom. The number of piperazine rings is 1. The van der Waals surface area contributed by atoms with Crippen LogP contribution in [0, 0.1) is 0 Å². The van der Waals surface area contributed by atoms with Crippen LogP contribution in [-0.2, 0) is 4.79 Å². The summed E-state index contributed by atoms with van der Waals surface area (Å²) in [5.74, 6) is 0.657. The Labute approximate surface area is 120 Å². The van der Waals surface area contributed by atoms with Gasteiger partial charge in [-0.3, -0.25) is 9.69 Å². The molecule has 0 unspecified atom stereocenters. The Bertz CT molecular complexity index is 403. The minimum Gasteiger partial charge on any atom is -0.484 e. The van der Waals surface area contributed by atoms with Gasteiger partial charge in [-0.25, -0.2) is 0 Å². The van der Waals surface area contributed by atoms with Gasteiger partial charge in [-0.15, -0.1) is 0 Å². The van der Waals surface area contributed by atoms with E-state index in [4.69, 9.17) is 4.74 Å². The minimum atomic E-state index is -0.0667. The highest BCUT2D eigenvalue weighted by molar-refractivity contribution is 5.77. The molecule has 1 saturated heterocycles. The standard InChI is InChI=1S/C15H23N3O2/c1-17-9-11-18(12-10-17)8-7-16-15(19)13-20-14-5-3-2-4-6-14/h2-6H,7-13H2,1H3,(H,16,19). The third-order valence-electron chi connectivity index (χ3n) is 3.46. The van der Waals surface area contributed by atoms with Crippen LogP contribution >= 0.6 is 0 Å². The van der Waals surface area contributed by atoms with Crippen molar-refractivity contribution in [1.29, 1.82) is 0 Å². The van der Waals surface area contributed by atoms with Crippen molar-refractivity contribution in [3.05, 3.63) is 30.3 Å². The van der Waals surface area contributed by atoms with E-state index in [0.717, 1.165) is 38.5 Å². The number of amides is 1. The predicted molar refractivity (Wildman–Crippen MR) is 78.9 cm³/mol. The number of likely N-dealkylation sites (N-methyl/N-ethyl adjacent to an activating group) is 1. The van der Waals surface area contributed by atoms with Crippen LogP contribution in [0.25, 0.3) is 0 Å². The predicted octanol–water partition coefficient (Wildman–Crippen LogP) is 0.429. The smallest absolute Gasteiger partial charge is 0.257 e. The molecule has 1 amide bonds. The van der Waals surface area contributed by atoms with Crippen molar-refractivity contribution in [2.75, 3.05) is 52.9 Å². The van der Waals surface area contributed by atoms with Gasteiger partial charge in [0.05, 0.1) is 0 Å². The first-order valence-electron chi connectivity index (χ1n) is 7.09. The molecule has 0 spiro atoms. The van der Waals surface area contributed by atoms with Crippen LogP contribution in [0.15, 0.2) is 30.3 Å². The Kier molecular flexibility index (Phi) is 5.83. The average Bonchev–Trinajstić information content (AvgIpc) is 2.48. The second-order valence-electron chi connectivity index (χ2n) is 5.10. The SMILES string of the molecule is CN1CCN(CCNC(=O)COc2ccccc2)CC1. The number of carbonyl (C=O) groups excluding carboxylic acids is 1. The molecule has 1 aromatic carbocycles. The molecule has 0 radical (unpaired) electrons. The van der Waals surface area contributed by atoms with Gasteiger partial charge in [0.2, 0.25) is 0 Å². The molecule has 1 fully saturated rings. The molecule has 5 heteroatoms. The molecule has 1 N–H and O–H groups in total. The summed E-state index contributed by atoms with van der Waals surface area (Å²) in [4.78, 5) is 16.3. The van der Waals surface area contributed by atoms with Crippen LogP contribution in [0.2, 0.25) is 0 Å². The molecule has 110 valence electrons. The van der Waals surface area contributed by atoms with Gasteiger partial charge in [0.25, 0.3) is 5.91 Å². The van der Waals surface area contributed by atoms with Crippen molar-refractivity contribution in [2.45, 2.75) is 0 Å². The molecular formula is C15H23N3O2. The lowest BCUT2D eigenvalue weighted by Crippen LogP contribution is -2.47. The zero-order valence-electron chi connectivity index (χ0n) is 12.0. The molecule has 0 aliphatic carbocycles. The molecule has 1 aromatic rings. The number of rotatable bonds is 6. The van der Waals surface area contributed by atoms with Gasteiger partial charge < -0.3 is 15.0 Å². The van der Waals surface area contributed by atoms with E-state index < -0.39 is 0 Å². The Morgan fingerprint density at radius 3 is 2.60 bits per heavy atom. The number of nitrogens with one attached hydrogen (secondary N) is 1. The van der Waals surface area contributed by atoms with E-state index in [1.807, 2.05) is 30.3 Å². The number of nitrogens with zero attached hydrogens (tertiary/aromatic N) is 2. The summed E-state index contributed by atoms with van der Waals surface area (Å²) in [5, 5.41) is 2.89. The topological polar surface area (TPSA) is 44.8 Å². The molecule has 5 nitrogen and oxygen atoms in total. The van der Waals surface area contributed by atoms with Crippen LogP contribution in [-0.4, -0.2) is 68.6 Å². The van der Waals surface area contributed by atoms with E-state index in [0.29, 0.717) is 6.54 Å².